The van der Waals surface area contributed by atoms with Crippen molar-refractivity contribution in [3.05, 3.63) is 89.5 Å². The highest BCUT2D eigenvalue weighted by molar-refractivity contribution is 5.95. The van der Waals surface area contributed by atoms with Crippen LogP contribution in [0.25, 0.3) is 0 Å². The average Bonchev–Trinajstić information content (AvgIpc) is 2.96. The fourth-order valence-corrected chi connectivity index (χ4v) is 2.88. The lowest BCUT2D eigenvalue weighted by molar-refractivity contribution is 0.0955. The molecule has 192 valence electrons. The zero-order chi connectivity index (χ0) is 26.9. The largest absolute Gasteiger partial charge is 0.388 e. The molecule has 0 atom stereocenters. The van der Waals surface area contributed by atoms with Gasteiger partial charge in [0, 0.05) is 76.0 Å². The van der Waals surface area contributed by atoms with E-state index in [4.69, 9.17) is 0 Å². The minimum atomic E-state index is -0.0629. The second-order valence-corrected chi connectivity index (χ2v) is 7.23. The maximum atomic E-state index is 11.1. The molecule has 0 unspecified atom stereocenters. The van der Waals surface area contributed by atoms with E-state index in [1.54, 1.807) is 57.5 Å². The van der Waals surface area contributed by atoms with Crippen LogP contribution in [0.15, 0.2) is 72.8 Å². The molecule has 3 rings (SSSR count). The van der Waals surface area contributed by atoms with Gasteiger partial charge >= 0.3 is 0 Å². The number of carbonyl (C=O) groups is 3. The molecular formula is C27H36N6O3. The second kappa shape index (κ2) is 16.2. The molecule has 3 aromatic carbocycles. The number of benzene rings is 3. The first-order valence-corrected chi connectivity index (χ1v) is 11.3. The van der Waals surface area contributed by atoms with Crippen LogP contribution in [0.5, 0.6) is 0 Å². The van der Waals surface area contributed by atoms with E-state index in [0.717, 1.165) is 17.1 Å². The third-order valence-corrected chi connectivity index (χ3v) is 4.92. The van der Waals surface area contributed by atoms with Gasteiger partial charge in [0.1, 0.15) is 0 Å². The first-order chi connectivity index (χ1) is 17.3. The van der Waals surface area contributed by atoms with Crippen LogP contribution in [0.1, 0.15) is 31.1 Å². The molecule has 0 radical (unpaired) electrons. The second-order valence-electron chi connectivity index (χ2n) is 7.23. The summed E-state index contributed by atoms with van der Waals surface area (Å²) in [5.41, 5.74) is 4.83. The number of carbonyl (C=O) groups excluding carboxylic acids is 3. The van der Waals surface area contributed by atoms with E-state index in [2.05, 4.69) is 31.9 Å². The molecule has 3 amide bonds. The van der Waals surface area contributed by atoms with Gasteiger partial charge in [-0.15, -0.1) is 0 Å². The summed E-state index contributed by atoms with van der Waals surface area (Å²) in [5, 5.41) is 16.6. The molecule has 0 heterocycles. The van der Waals surface area contributed by atoms with Crippen LogP contribution in [-0.2, 0) is 0 Å². The summed E-state index contributed by atoms with van der Waals surface area (Å²) in [6.45, 7) is 0. The molecule has 0 spiro atoms. The summed E-state index contributed by atoms with van der Waals surface area (Å²) in [6.07, 6.45) is 0. The van der Waals surface area contributed by atoms with E-state index >= 15 is 0 Å². The molecule has 9 heteroatoms. The third kappa shape index (κ3) is 9.76. The Balaban J connectivity index is 0.000000270. The Labute approximate surface area is 213 Å². The molecule has 0 aliphatic rings. The average molecular weight is 493 g/mol. The van der Waals surface area contributed by atoms with Crippen molar-refractivity contribution in [2.24, 2.45) is 0 Å². The zero-order valence-corrected chi connectivity index (χ0v) is 21.7. The van der Waals surface area contributed by atoms with Crippen molar-refractivity contribution in [1.29, 1.82) is 0 Å². The summed E-state index contributed by atoms with van der Waals surface area (Å²) in [7, 11) is 10.3. The number of anilines is 3. The normalized spacial score (nSPS) is 9.17. The SMILES string of the molecule is CNC(=O)c1cccc(NC)c1.CNC(=O)c1cccc(NC)c1.CNC(=O)c1cccc(NC)c1. The molecule has 3 aromatic rings. The number of rotatable bonds is 6. The minimum absolute atomic E-state index is 0.0629. The summed E-state index contributed by atoms with van der Waals surface area (Å²) in [6, 6.07) is 22.0. The summed E-state index contributed by atoms with van der Waals surface area (Å²) < 4.78 is 0. The molecule has 0 aliphatic carbocycles. The van der Waals surface area contributed by atoms with Gasteiger partial charge in [0.2, 0.25) is 0 Å². The smallest absolute Gasteiger partial charge is 0.251 e. The van der Waals surface area contributed by atoms with Gasteiger partial charge in [-0.05, 0) is 54.6 Å². The molecule has 0 bridgehead atoms. The maximum absolute atomic E-state index is 11.1. The minimum Gasteiger partial charge on any atom is -0.388 e. The van der Waals surface area contributed by atoms with Crippen LogP contribution in [0.4, 0.5) is 17.1 Å². The number of hydrogen-bond acceptors (Lipinski definition) is 6. The Bertz CT molecular complexity index is 992. The lowest BCUT2D eigenvalue weighted by atomic mass is 10.2. The van der Waals surface area contributed by atoms with Crippen molar-refractivity contribution in [1.82, 2.24) is 16.0 Å². The monoisotopic (exact) mass is 492 g/mol. The highest BCUT2D eigenvalue weighted by Gasteiger charge is 2.03. The van der Waals surface area contributed by atoms with E-state index in [-0.39, 0.29) is 17.7 Å². The van der Waals surface area contributed by atoms with Gasteiger partial charge in [-0.2, -0.15) is 0 Å². The molecule has 36 heavy (non-hydrogen) atoms. The molecule has 0 aromatic heterocycles. The van der Waals surface area contributed by atoms with E-state index in [1.165, 1.54) is 0 Å². The van der Waals surface area contributed by atoms with Crippen LogP contribution in [0.3, 0.4) is 0 Å². The standard InChI is InChI=1S/3C9H12N2O/c3*1-10-8-5-3-4-7(6-8)9(12)11-2/h3*3-6,10H,1-2H3,(H,11,12). The number of nitrogens with one attached hydrogen (secondary N) is 6. The van der Waals surface area contributed by atoms with Crippen LogP contribution in [0, 0.1) is 0 Å². The van der Waals surface area contributed by atoms with Crippen LogP contribution in [-0.4, -0.2) is 60.0 Å². The molecule has 0 saturated carbocycles. The van der Waals surface area contributed by atoms with Crippen LogP contribution >= 0.6 is 0 Å². The fraction of sp³-hybridized carbons (Fsp3) is 0.222. The highest BCUT2D eigenvalue weighted by atomic mass is 16.2. The number of hydrogen-bond donors (Lipinski definition) is 6. The lowest BCUT2D eigenvalue weighted by Gasteiger charge is -2.02. The molecule has 0 fully saturated rings. The van der Waals surface area contributed by atoms with Gasteiger partial charge in [0.25, 0.3) is 17.7 Å². The summed E-state index contributed by atoms with van der Waals surface area (Å²) in [5.74, 6) is -0.189. The van der Waals surface area contributed by atoms with Gasteiger partial charge in [0.15, 0.2) is 0 Å². The topological polar surface area (TPSA) is 123 Å². The van der Waals surface area contributed by atoms with Crippen molar-refractivity contribution in [3.63, 3.8) is 0 Å². The Morgan fingerprint density at radius 2 is 0.694 bits per heavy atom. The Kier molecular flexibility index (Phi) is 13.2. The molecule has 0 aliphatic heterocycles. The van der Waals surface area contributed by atoms with Gasteiger partial charge < -0.3 is 31.9 Å². The van der Waals surface area contributed by atoms with Crippen molar-refractivity contribution in [3.8, 4) is 0 Å². The van der Waals surface area contributed by atoms with Crippen molar-refractivity contribution < 1.29 is 14.4 Å². The molecule has 9 nitrogen and oxygen atoms in total. The van der Waals surface area contributed by atoms with E-state index in [1.807, 2.05) is 57.5 Å². The van der Waals surface area contributed by atoms with Gasteiger partial charge in [-0.25, -0.2) is 0 Å². The van der Waals surface area contributed by atoms with Gasteiger partial charge in [-0.3, -0.25) is 14.4 Å². The fourth-order valence-electron chi connectivity index (χ4n) is 2.88. The lowest BCUT2D eigenvalue weighted by Crippen LogP contribution is -2.17. The Hall–Kier alpha value is -4.53. The summed E-state index contributed by atoms with van der Waals surface area (Å²) in [4.78, 5) is 33.4. The van der Waals surface area contributed by atoms with Crippen LogP contribution < -0.4 is 31.9 Å². The number of amides is 3. The van der Waals surface area contributed by atoms with Crippen LogP contribution in [0.2, 0.25) is 0 Å². The van der Waals surface area contributed by atoms with E-state index in [9.17, 15) is 14.4 Å². The predicted molar refractivity (Wildman–Crippen MR) is 148 cm³/mol. The van der Waals surface area contributed by atoms with Gasteiger partial charge in [-0.1, -0.05) is 18.2 Å². The van der Waals surface area contributed by atoms with Crippen molar-refractivity contribution in [2.45, 2.75) is 0 Å². The summed E-state index contributed by atoms with van der Waals surface area (Å²) >= 11 is 0. The van der Waals surface area contributed by atoms with E-state index in [0.29, 0.717) is 16.7 Å². The maximum Gasteiger partial charge on any atom is 0.251 e. The Morgan fingerprint density at radius 3 is 0.889 bits per heavy atom. The zero-order valence-electron chi connectivity index (χ0n) is 21.7. The highest BCUT2D eigenvalue weighted by Crippen LogP contribution is 2.10. The third-order valence-electron chi connectivity index (χ3n) is 4.92. The molecular weight excluding hydrogens is 456 g/mol. The van der Waals surface area contributed by atoms with E-state index < -0.39 is 0 Å². The van der Waals surface area contributed by atoms with Crippen molar-refractivity contribution >= 4 is 34.8 Å². The molecule has 6 N–H and O–H groups in total. The quantitative estimate of drug-likeness (QED) is 0.314. The van der Waals surface area contributed by atoms with Gasteiger partial charge in [0.05, 0.1) is 0 Å². The predicted octanol–water partition coefficient (Wildman–Crippen LogP) is 3.26. The van der Waals surface area contributed by atoms with Crippen molar-refractivity contribution in [2.75, 3.05) is 58.2 Å². The first kappa shape index (κ1) is 29.5. The Morgan fingerprint density at radius 1 is 0.444 bits per heavy atom. The molecule has 0 saturated heterocycles. The first-order valence-electron chi connectivity index (χ1n) is 11.3.